The molecule has 1 saturated heterocycles. The number of amides is 1. The van der Waals surface area contributed by atoms with E-state index in [1.165, 1.54) is 12.3 Å². The highest BCUT2D eigenvalue weighted by Crippen LogP contribution is 2.07. The normalized spacial score (nSPS) is 16.5. The molecule has 1 aromatic rings. The number of nitrogens with one attached hydrogen (secondary N) is 1. The average molecular weight is 234 g/mol. The molecule has 0 saturated carbocycles. The summed E-state index contributed by atoms with van der Waals surface area (Å²) in [6.07, 6.45) is 3.80. The molecule has 0 bridgehead atoms. The van der Waals surface area contributed by atoms with E-state index in [0.717, 1.165) is 12.8 Å². The fourth-order valence-corrected chi connectivity index (χ4v) is 1.75. The highest BCUT2D eigenvalue weighted by molar-refractivity contribution is 5.93. The standard InChI is InChI=1S/C12H14N2O3/c15-8-9-1-4-13-11(7-9)12(16)14-10-2-5-17-6-3-10/h1,4,7-8,10H,2-3,5-6H2,(H,14,16). The van der Waals surface area contributed by atoms with Crippen LogP contribution in [0.5, 0.6) is 0 Å². The molecule has 1 amide bonds. The Balaban J connectivity index is 2.00. The largest absolute Gasteiger partial charge is 0.381 e. The first-order chi connectivity index (χ1) is 8.29. The number of pyridine rings is 1. The van der Waals surface area contributed by atoms with Crippen LogP contribution in [-0.4, -0.2) is 36.4 Å². The molecular weight excluding hydrogens is 220 g/mol. The number of aldehydes is 1. The second-order valence-electron chi connectivity index (χ2n) is 3.95. The summed E-state index contributed by atoms with van der Waals surface area (Å²) >= 11 is 0. The Bertz CT molecular complexity index is 414. The number of ether oxygens (including phenoxy) is 1. The van der Waals surface area contributed by atoms with Crippen molar-refractivity contribution in [2.45, 2.75) is 18.9 Å². The van der Waals surface area contributed by atoms with Gasteiger partial charge in [-0.1, -0.05) is 0 Å². The van der Waals surface area contributed by atoms with Gasteiger partial charge in [0.1, 0.15) is 12.0 Å². The van der Waals surface area contributed by atoms with E-state index in [0.29, 0.717) is 25.1 Å². The van der Waals surface area contributed by atoms with Gasteiger partial charge in [0, 0.05) is 31.0 Å². The maximum atomic E-state index is 11.9. The lowest BCUT2D eigenvalue weighted by Crippen LogP contribution is -2.39. The summed E-state index contributed by atoms with van der Waals surface area (Å²) in [4.78, 5) is 26.4. The number of carbonyl (C=O) groups excluding carboxylic acids is 2. The summed E-state index contributed by atoms with van der Waals surface area (Å²) in [5.74, 6) is -0.236. The topological polar surface area (TPSA) is 68.3 Å². The van der Waals surface area contributed by atoms with E-state index in [4.69, 9.17) is 4.74 Å². The lowest BCUT2D eigenvalue weighted by molar-refractivity contribution is 0.0694. The van der Waals surface area contributed by atoms with Gasteiger partial charge in [0.05, 0.1) is 0 Å². The molecule has 1 fully saturated rings. The number of rotatable bonds is 3. The van der Waals surface area contributed by atoms with Crippen molar-refractivity contribution in [3.8, 4) is 0 Å². The minimum atomic E-state index is -0.236. The Morgan fingerprint density at radius 2 is 2.24 bits per heavy atom. The second kappa shape index (κ2) is 5.54. The van der Waals surface area contributed by atoms with Gasteiger partial charge in [0.2, 0.25) is 0 Å². The molecular formula is C12H14N2O3. The Hall–Kier alpha value is -1.75. The fraction of sp³-hybridized carbons (Fsp3) is 0.417. The van der Waals surface area contributed by atoms with Gasteiger partial charge < -0.3 is 10.1 Å². The minimum absolute atomic E-state index is 0.137. The molecule has 17 heavy (non-hydrogen) atoms. The van der Waals surface area contributed by atoms with Gasteiger partial charge in [-0.05, 0) is 25.0 Å². The molecule has 2 rings (SSSR count). The third-order valence-electron chi connectivity index (χ3n) is 2.71. The van der Waals surface area contributed by atoms with Crippen LogP contribution in [0.1, 0.15) is 33.7 Å². The maximum Gasteiger partial charge on any atom is 0.270 e. The van der Waals surface area contributed by atoms with Crippen LogP contribution in [0.4, 0.5) is 0 Å². The Morgan fingerprint density at radius 1 is 1.47 bits per heavy atom. The van der Waals surface area contributed by atoms with Crippen molar-refractivity contribution in [3.63, 3.8) is 0 Å². The van der Waals surface area contributed by atoms with Crippen LogP contribution in [0.25, 0.3) is 0 Å². The van der Waals surface area contributed by atoms with Crippen LogP contribution >= 0.6 is 0 Å². The first-order valence-electron chi connectivity index (χ1n) is 5.59. The predicted molar refractivity (Wildman–Crippen MR) is 60.9 cm³/mol. The van der Waals surface area contributed by atoms with E-state index >= 15 is 0 Å². The van der Waals surface area contributed by atoms with Crippen molar-refractivity contribution in [2.24, 2.45) is 0 Å². The van der Waals surface area contributed by atoms with Crippen LogP contribution in [-0.2, 0) is 4.74 Å². The Morgan fingerprint density at radius 3 is 2.94 bits per heavy atom. The second-order valence-corrected chi connectivity index (χ2v) is 3.95. The van der Waals surface area contributed by atoms with Crippen LogP contribution in [0.15, 0.2) is 18.3 Å². The van der Waals surface area contributed by atoms with Crippen molar-refractivity contribution in [1.82, 2.24) is 10.3 Å². The van der Waals surface area contributed by atoms with Gasteiger partial charge in [0.25, 0.3) is 5.91 Å². The molecule has 0 atom stereocenters. The Kier molecular flexibility index (Phi) is 3.82. The van der Waals surface area contributed by atoms with E-state index in [1.807, 2.05) is 0 Å². The monoisotopic (exact) mass is 234 g/mol. The molecule has 5 heteroatoms. The Labute approximate surface area is 99.2 Å². The molecule has 0 unspecified atom stereocenters. The van der Waals surface area contributed by atoms with E-state index in [2.05, 4.69) is 10.3 Å². The van der Waals surface area contributed by atoms with Crippen molar-refractivity contribution in [2.75, 3.05) is 13.2 Å². The van der Waals surface area contributed by atoms with Gasteiger partial charge in [-0.25, -0.2) is 0 Å². The number of hydrogen-bond acceptors (Lipinski definition) is 4. The smallest absolute Gasteiger partial charge is 0.270 e. The van der Waals surface area contributed by atoms with Crippen molar-refractivity contribution in [3.05, 3.63) is 29.6 Å². The molecule has 0 spiro atoms. The van der Waals surface area contributed by atoms with Gasteiger partial charge in [-0.2, -0.15) is 0 Å². The van der Waals surface area contributed by atoms with Crippen LogP contribution in [0.2, 0.25) is 0 Å². The summed E-state index contributed by atoms with van der Waals surface area (Å²) in [6.45, 7) is 1.35. The highest BCUT2D eigenvalue weighted by atomic mass is 16.5. The maximum absolute atomic E-state index is 11.9. The van der Waals surface area contributed by atoms with Crippen LogP contribution in [0.3, 0.4) is 0 Å². The molecule has 90 valence electrons. The molecule has 1 N–H and O–H groups in total. The van der Waals surface area contributed by atoms with E-state index in [-0.39, 0.29) is 17.6 Å². The summed E-state index contributed by atoms with van der Waals surface area (Å²) < 4.78 is 5.21. The average Bonchev–Trinajstić information content (AvgIpc) is 2.40. The fourth-order valence-electron chi connectivity index (χ4n) is 1.75. The summed E-state index contributed by atoms with van der Waals surface area (Å²) in [5.41, 5.74) is 0.734. The molecule has 1 aliphatic heterocycles. The quantitative estimate of drug-likeness (QED) is 0.785. The number of hydrogen-bond donors (Lipinski definition) is 1. The molecule has 0 aliphatic carbocycles. The van der Waals surface area contributed by atoms with Gasteiger partial charge in [-0.3, -0.25) is 14.6 Å². The van der Waals surface area contributed by atoms with E-state index in [1.54, 1.807) is 6.07 Å². The molecule has 1 aliphatic rings. The molecule has 0 aromatic carbocycles. The number of aromatic nitrogens is 1. The summed E-state index contributed by atoms with van der Waals surface area (Å²) in [7, 11) is 0. The SMILES string of the molecule is O=Cc1ccnc(C(=O)NC2CCOCC2)c1. The molecule has 5 nitrogen and oxygen atoms in total. The zero-order valence-electron chi connectivity index (χ0n) is 9.39. The lowest BCUT2D eigenvalue weighted by atomic mass is 10.1. The molecule has 2 heterocycles. The first kappa shape index (κ1) is 11.7. The van der Waals surface area contributed by atoms with Crippen molar-refractivity contribution in [1.29, 1.82) is 0 Å². The summed E-state index contributed by atoms with van der Waals surface area (Å²) in [5, 5.41) is 2.89. The van der Waals surface area contributed by atoms with Crippen LogP contribution in [0, 0.1) is 0 Å². The zero-order chi connectivity index (χ0) is 12.1. The number of nitrogens with zero attached hydrogens (tertiary/aromatic N) is 1. The third kappa shape index (κ3) is 3.10. The third-order valence-corrected chi connectivity index (χ3v) is 2.71. The highest BCUT2D eigenvalue weighted by Gasteiger charge is 2.17. The van der Waals surface area contributed by atoms with E-state index < -0.39 is 0 Å². The number of carbonyl (C=O) groups is 2. The lowest BCUT2D eigenvalue weighted by Gasteiger charge is -2.22. The molecule has 0 radical (unpaired) electrons. The van der Waals surface area contributed by atoms with Gasteiger partial charge in [0.15, 0.2) is 0 Å². The summed E-state index contributed by atoms with van der Waals surface area (Å²) in [6, 6.07) is 3.19. The minimum Gasteiger partial charge on any atom is -0.381 e. The van der Waals surface area contributed by atoms with Gasteiger partial charge in [-0.15, -0.1) is 0 Å². The predicted octanol–water partition coefficient (Wildman–Crippen LogP) is 0.803. The van der Waals surface area contributed by atoms with Crippen LogP contribution < -0.4 is 5.32 Å². The first-order valence-corrected chi connectivity index (χ1v) is 5.59. The van der Waals surface area contributed by atoms with Gasteiger partial charge >= 0.3 is 0 Å². The van der Waals surface area contributed by atoms with Crippen molar-refractivity contribution >= 4 is 12.2 Å². The van der Waals surface area contributed by atoms with Crippen molar-refractivity contribution < 1.29 is 14.3 Å². The molecule has 1 aromatic heterocycles. The van der Waals surface area contributed by atoms with E-state index in [9.17, 15) is 9.59 Å². The zero-order valence-corrected chi connectivity index (χ0v) is 9.39.